The molecule has 2 aromatic rings. The highest BCUT2D eigenvalue weighted by atomic mass is 19.1. The van der Waals surface area contributed by atoms with Gasteiger partial charge in [-0.2, -0.15) is 0 Å². The van der Waals surface area contributed by atoms with Gasteiger partial charge in [0.25, 0.3) is 0 Å². The van der Waals surface area contributed by atoms with Crippen LogP contribution >= 0.6 is 0 Å². The first-order valence-electron chi connectivity index (χ1n) is 8.02. The minimum atomic E-state index is -0.513. The van der Waals surface area contributed by atoms with Gasteiger partial charge in [0.15, 0.2) is 0 Å². The fourth-order valence-corrected chi connectivity index (χ4v) is 3.36. The molecule has 1 aromatic heterocycles. The number of hydrogen-bond acceptors (Lipinski definition) is 2. The number of halogens is 1. The Kier molecular flexibility index (Phi) is 4.20. The molecule has 0 aliphatic carbocycles. The second kappa shape index (κ2) is 6.20. The summed E-state index contributed by atoms with van der Waals surface area (Å²) in [5.41, 5.74) is 9.62. The summed E-state index contributed by atoms with van der Waals surface area (Å²) >= 11 is 0. The van der Waals surface area contributed by atoms with Crippen LogP contribution in [0.25, 0.3) is 16.5 Å². The van der Waals surface area contributed by atoms with Crippen molar-refractivity contribution in [3.8, 4) is 0 Å². The molecule has 2 heterocycles. The molecule has 3 rings (SSSR count). The zero-order chi connectivity index (χ0) is 18.3. The molecule has 6 heteroatoms. The summed E-state index contributed by atoms with van der Waals surface area (Å²) in [7, 11) is 0. The average Bonchev–Trinajstić information content (AvgIpc) is 3.14. The van der Waals surface area contributed by atoms with E-state index < -0.39 is 11.7 Å². The van der Waals surface area contributed by atoms with E-state index in [9.17, 15) is 14.0 Å². The SMILES string of the molecule is C=CC(=O)N1CC=C(c2c(F)cc(CC(N)=O)c3[nH]c(C)c(C)c23)C1. The molecule has 0 atom stereocenters. The molecule has 1 aliphatic heterocycles. The van der Waals surface area contributed by atoms with Crippen molar-refractivity contribution in [1.29, 1.82) is 0 Å². The van der Waals surface area contributed by atoms with Crippen molar-refractivity contribution < 1.29 is 14.0 Å². The van der Waals surface area contributed by atoms with Crippen LogP contribution in [-0.2, 0) is 16.0 Å². The maximum absolute atomic E-state index is 15.0. The Morgan fingerprint density at radius 3 is 2.80 bits per heavy atom. The number of aromatic amines is 1. The number of hydrogen-bond donors (Lipinski definition) is 2. The second-order valence-electron chi connectivity index (χ2n) is 6.31. The molecule has 25 heavy (non-hydrogen) atoms. The van der Waals surface area contributed by atoms with E-state index in [2.05, 4.69) is 11.6 Å². The Hall–Kier alpha value is -2.89. The Morgan fingerprint density at radius 2 is 2.16 bits per heavy atom. The molecule has 1 aromatic carbocycles. The summed E-state index contributed by atoms with van der Waals surface area (Å²) in [6.07, 6.45) is 3.08. The van der Waals surface area contributed by atoms with Crippen LogP contribution in [-0.4, -0.2) is 34.8 Å². The number of primary amides is 1. The Balaban J connectivity index is 2.17. The quantitative estimate of drug-likeness (QED) is 0.837. The molecule has 5 nitrogen and oxygen atoms in total. The number of amides is 2. The highest BCUT2D eigenvalue weighted by molar-refractivity contribution is 6.00. The normalized spacial score (nSPS) is 14.0. The summed E-state index contributed by atoms with van der Waals surface area (Å²) in [5, 5.41) is 0.743. The van der Waals surface area contributed by atoms with Gasteiger partial charge in [0.05, 0.1) is 11.9 Å². The van der Waals surface area contributed by atoms with Crippen molar-refractivity contribution in [3.05, 3.63) is 53.0 Å². The third kappa shape index (κ3) is 2.84. The zero-order valence-corrected chi connectivity index (χ0v) is 14.3. The van der Waals surface area contributed by atoms with E-state index in [1.165, 1.54) is 12.1 Å². The van der Waals surface area contributed by atoms with Gasteiger partial charge in [-0.3, -0.25) is 9.59 Å². The molecule has 3 N–H and O–H groups in total. The highest BCUT2D eigenvalue weighted by Crippen LogP contribution is 2.36. The lowest BCUT2D eigenvalue weighted by Gasteiger charge is -2.15. The molecule has 1 aliphatic rings. The van der Waals surface area contributed by atoms with Crippen LogP contribution in [0.5, 0.6) is 0 Å². The Labute approximate surface area is 145 Å². The van der Waals surface area contributed by atoms with Gasteiger partial charge >= 0.3 is 0 Å². The van der Waals surface area contributed by atoms with Gasteiger partial charge in [0, 0.05) is 29.7 Å². The lowest BCUT2D eigenvalue weighted by Crippen LogP contribution is -2.26. The van der Waals surface area contributed by atoms with Gasteiger partial charge < -0.3 is 15.6 Å². The minimum absolute atomic E-state index is 0.0345. The van der Waals surface area contributed by atoms with Crippen LogP contribution in [0.1, 0.15) is 22.4 Å². The fourth-order valence-electron chi connectivity index (χ4n) is 3.36. The van der Waals surface area contributed by atoms with E-state index in [0.717, 1.165) is 27.7 Å². The van der Waals surface area contributed by atoms with Crippen molar-refractivity contribution in [1.82, 2.24) is 9.88 Å². The molecule has 0 fully saturated rings. The van der Waals surface area contributed by atoms with E-state index >= 15 is 0 Å². The third-order valence-corrected chi connectivity index (χ3v) is 4.70. The van der Waals surface area contributed by atoms with Crippen LogP contribution in [0, 0.1) is 19.7 Å². The third-order valence-electron chi connectivity index (χ3n) is 4.70. The molecular weight excluding hydrogens is 321 g/mol. The van der Waals surface area contributed by atoms with Crippen molar-refractivity contribution >= 4 is 28.3 Å². The molecule has 0 radical (unpaired) electrons. The number of nitrogens with one attached hydrogen (secondary N) is 1. The number of benzene rings is 1. The number of rotatable bonds is 4. The maximum Gasteiger partial charge on any atom is 0.246 e. The number of aryl methyl sites for hydroxylation is 2. The molecular formula is C19H20FN3O2. The Bertz CT molecular complexity index is 940. The van der Waals surface area contributed by atoms with E-state index in [1.54, 1.807) is 4.90 Å². The maximum atomic E-state index is 15.0. The number of nitrogens with two attached hydrogens (primary N) is 1. The number of H-pyrrole nitrogens is 1. The van der Waals surface area contributed by atoms with Crippen LogP contribution in [0.15, 0.2) is 24.8 Å². The number of carbonyl (C=O) groups is 2. The second-order valence-corrected chi connectivity index (χ2v) is 6.31. The van der Waals surface area contributed by atoms with Gasteiger partial charge in [-0.1, -0.05) is 12.7 Å². The van der Waals surface area contributed by atoms with Gasteiger partial charge in [0.2, 0.25) is 11.8 Å². The van der Waals surface area contributed by atoms with E-state index in [4.69, 9.17) is 5.73 Å². The average molecular weight is 341 g/mol. The predicted octanol–water partition coefficient (Wildman–Crippen LogP) is 2.36. The first-order chi connectivity index (χ1) is 11.8. The zero-order valence-electron chi connectivity index (χ0n) is 14.3. The molecule has 0 unspecified atom stereocenters. The fraction of sp³-hybridized carbons (Fsp3) is 0.263. The molecule has 130 valence electrons. The summed E-state index contributed by atoms with van der Waals surface area (Å²) in [6, 6.07) is 1.36. The first-order valence-corrected chi connectivity index (χ1v) is 8.02. The molecule has 2 amide bonds. The lowest BCUT2D eigenvalue weighted by atomic mass is 9.95. The largest absolute Gasteiger partial charge is 0.369 e. The van der Waals surface area contributed by atoms with Gasteiger partial charge in [-0.15, -0.1) is 0 Å². The van der Waals surface area contributed by atoms with E-state index in [0.29, 0.717) is 24.2 Å². The molecule has 0 saturated heterocycles. The molecule has 0 bridgehead atoms. The molecule has 0 saturated carbocycles. The monoisotopic (exact) mass is 341 g/mol. The van der Waals surface area contributed by atoms with Crippen LogP contribution in [0.3, 0.4) is 0 Å². The van der Waals surface area contributed by atoms with Crippen LogP contribution in [0.2, 0.25) is 0 Å². The number of nitrogens with zero attached hydrogens (tertiary/aromatic N) is 1. The predicted molar refractivity (Wildman–Crippen MR) is 95.4 cm³/mol. The standard InChI is InChI=1S/C19H20FN3O2/c1-4-16(25)23-6-5-12(9-23)18-14(20)7-13(8-15(21)24)19-17(18)10(2)11(3)22-19/h4-5,7,22H,1,6,8-9H2,2-3H3,(H2,21,24). The number of aromatic nitrogens is 1. The highest BCUT2D eigenvalue weighted by Gasteiger charge is 2.25. The smallest absolute Gasteiger partial charge is 0.246 e. The van der Waals surface area contributed by atoms with Crippen molar-refractivity contribution in [3.63, 3.8) is 0 Å². The van der Waals surface area contributed by atoms with E-state index in [1.807, 2.05) is 19.9 Å². The van der Waals surface area contributed by atoms with Crippen molar-refractivity contribution in [2.24, 2.45) is 5.73 Å². The van der Waals surface area contributed by atoms with E-state index in [-0.39, 0.29) is 12.3 Å². The van der Waals surface area contributed by atoms with Gasteiger partial charge in [-0.05, 0) is 42.7 Å². The lowest BCUT2D eigenvalue weighted by molar-refractivity contribution is -0.124. The first kappa shape index (κ1) is 17.0. The minimum Gasteiger partial charge on any atom is -0.369 e. The number of carbonyl (C=O) groups excluding carboxylic acids is 2. The summed E-state index contributed by atoms with van der Waals surface area (Å²) in [6.45, 7) is 8.06. The summed E-state index contributed by atoms with van der Waals surface area (Å²) in [5.74, 6) is -1.11. The summed E-state index contributed by atoms with van der Waals surface area (Å²) in [4.78, 5) is 28.0. The van der Waals surface area contributed by atoms with Crippen LogP contribution in [0.4, 0.5) is 4.39 Å². The topological polar surface area (TPSA) is 79.2 Å². The van der Waals surface area contributed by atoms with Crippen LogP contribution < -0.4 is 5.73 Å². The number of fused-ring (bicyclic) bond motifs is 1. The van der Waals surface area contributed by atoms with Crippen molar-refractivity contribution in [2.45, 2.75) is 20.3 Å². The van der Waals surface area contributed by atoms with Crippen molar-refractivity contribution in [2.75, 3.05) is 13.1 Å². The van der Waals surface area contributed by atoms with Gasteiger partial charge in [0.1, 0.15) is 5.82 Å². The summed E-state index contributed by atoms with van der Waals surface area (Å²) < 4.78 is 15.0. The molecule has 0 spiro atoms. The van der Waals surface area contributed by atoms with Gasteiger partial charge in [-0.25, -0.2) is 4.39 Å². The Morgan fingerprint density at radius 1 is 1.44 bits per heavy atom.